The monoisotopic (exact) mass is 171 g/mol. The molecule has 12 heavy (non-hydrogen) atoms. The summed E-state index contributed by atoms with van der Waals surface area (Å²) in [6.07, 6.45) is 5.40. The number of hydrogen-bond donors (Lipinski definition) is 1. The summed E-state index contributed by atoms with van der Waals surface area (Å²) in [5.41, 5.74) is 0.233. The van der Waals surface area contributed by atoms with Gasteiger partial charge in [-0.2, -0.15) is 0 Å². The van der Waals surface area contributed by atoms with Crippen LogP contribution in [-0.4, -0.2) is 25.3 Å². The zero-order valence-corrected chi connectivity index (χ0v) is 8.52. The van der Waals surface area contributed by atoms with Crippen molar-refractivity contribution in [3.8, 4) is 0 Å². The average Bonchev–Trinajstić information content (AvgIpc) is 1.94. The van der Waals surface area contributed by atoms with Gasteiger partial charge in [-0.3, -0.25) is 0 Å². The second-order valence-corrected chi connectivity index (χ2v) is 4.06. The maximum absolute atomic E-state index is 5.94. The largest absolute Gasteiger partial charge is 0.372 e. The van der Waals surface area contributed by atoms with Gasteiger partial charge in [0.25, 0.3) is 0 Å². The highest BCUT2D eigenvalue weighted by atomic mass is 16.5. The smallest absolute Gasteiger partial charge is 0.0698 e. The molecule has 0 aliphatic heterocycles. The SMILES string of the molecule is CNCCC1(OC(C)C)CCC1. The van der Waals surface area contributed by atoms with Gasteiger partial charge in [0, 0.05) is 0 Å². The minimum Gasteiger partial charge on any atom is -0.372 e. The Morgan fingerprint density at radius 2 is 2.08 bits per heavy atom. The highest BCUT2D eigenvalue weighted by Crippen LogP contribution is 2.39. The maximum Gasteiger partial charge on any atom is 0.0698 e. The van der Waals surface area contributed by atoms with Crippen LogP contribution in [0.25, 0.3) is 0 Å². The molecule has 0 aromatic rings. The van der Waals surface area contributed by atoms with Crippen molar-refractivity contribution in [3.63, 3.8) is 0 Å². The molecule has 1 aliphatic carbocycles. The van der Waals surface area contributed by atoms with Crippen molar-refractivity contribution < 1.29 is 4.74 Å². The summed E-state index contributed by atoms with van der Waals surface area (Å²) >= 11 is 0. The highest BCUT2D eigenvalue weighted by molar-refractivity contribution is 4.90. The van der Waals surface area contributed by atoms with E-state index in [4.69, 9.17) is 4.74 Å². The van der Waals surface area contributed by atoms with E-state index in [1.54, 1.807) is 0 Å². The third-order valence-electron chi connectivity index (χ3n) is 2.58. The fourth-order valence-electron chi connectivity index (χ4n) is 1.85. The Balaban J connectivity index is 2.29. The molecule has 0 unspecified atom stereocenters. The molecule has 1 rings (SSSR count). The molecule has 0 aromatic carbocycles. The van der Waals surface area contributed by atoms with Crippen LogP contribution < -0.4 is 5.32 Å². The predicted octanol–water partition coefficient (Wildman–Crippen LogP) is 1.94. The molecule has 0 heterocycles. The highest BCUT2D eigenvalue weighted by Gasteiger charge is 2.37. The molecule has 0 bridgehead atoms. The molecule has 2 heteroatoms. The molecule has 0 atom stereocenters. The summed E-state index contributed by atoms with van der Waals surface area (Å²) in [5.74, 6) is 0. The van der Waals surface area contributed by atoms with E-state index in [9.17, 15) is 0 Å². The molecule has 1 N–H and O–H groups in total. The number of ether oxygens (including phenoxy) is 1. The lowest BCUT2D eigenvalue weighted by Gasteiger charge is -2.43. The van der Waals surface area contributed by atoms with Gasteiger partial charge in [-0.05, 0) is 53.1 Å². The molecule has 0 amide bonds. The fraction of sp³-hybridized carbons (Fsp3) is 1.00. The predicted molar refractivity (Wildman–Crippen MR) is 51.3 cm³/mol. The van der Waals surface area contributed by atoms with E-state index >= 15 is 0 Å². The maximum atomic E-state index is 5.94. The Bertz CT molecular complexity index is 130. The van der Waals surface area contributed by atoms with Crippen molar-refractivity contribution in [3.05, 3.63) is 0 Å². The van der Waals surface area contributed by atoms with E-state index in [-0.39, 0.29) is 5.60 Å². The molecule has 0 spiro atoms. The molecule has 2 nitrogen and oxygen atoms in total. The Kier molecular flexibility index (Phi) is 3.53. The van der Waals surface area contributed by atoms with Crippen LogP contribution in [0.1, 0.15) is 39.5 Å². The summed E-state index contributed by atoms with van der Waals surface area (Å²) < 4.78 is 5.94. The molecule has 1 fully saturated rings. The van der Waals surface area contributed by atoms with Gasteiger partial charge in [-0.15, -0.1) is 0 Å². The Hall–Kier alpha value is -0.0800. The van der Waals surface area contributed by atoms with E-state index in [1.165, 1.54) is 25.7 Å². The first-order chi connectivity index (χ1) is 5.68. The van der Waals surface area contributed by atoms with Crippen LogP contribution in [0.15, 0.2) is 0 Å². The van der Waals surface area contributed by atoms with Gasteiger partial charge in [0.2, 0.25) is 0 Å². The number of nitrogens with one attached hydrogen (secondary N) is 1. The standard InChI is InChI=1S/C10H21NO/c1-9(2)12-10(5-4-6-10)7-8-11-3/h9,11H,4-8H2,1-3H3. The average molecular weight is 171 g/mol. The van der Waals surface area contributed by atoms with E-state index in [2.05, 4.69) is 19.2 Å². The Morgan fingerprint density at radius 3 is 2.42 bits per heavy atom. The first-order valence-corrected chi connectivity index (χ1v) is 5.01. The summed E-state index contributed by atoms with van der Waals surface area (Å²) in [4.78, 5) is 0. The quantitative estimate of drug-likeness (QED) is 0.682. The molecule has 72 valence electrons. The van der Waals surface area contributed by atoms with Gasteiger partial charge >= 0.3 is 0 Å². The van der Waals surface area contributed by atoms with E-state index in [0.29, 0.717) is 6.10 Å². The lowest BCUT2D eigenvalue weighted by Crippen LogP contribution is -2.43. The fourth-order valence-corrected chi connectivity index (χ4v) is 1.85. The van der Waals surface area contributed by atoms with Crippen molar-refractivity contribution in [2.45, 2.75) is 51.2 Å². The third kappa shape index (κ3) is 2.46. The second-order valence-electron chi connectivity index (χ2n) is 4.06. The lowest BCUT2D eigenvalue weighted by molar-refractivity contribution is -0.131. The number of rotatable bonds is 5. The van der Waals surface area contributed by atoms with Crippen LogP contribution in [0.3, 0.4) is 0 Å². The second kappa shape index (κ2) is 4.24. The zero-order valence-electron chi connectivity index (χ0n) is 8.52. The van der Waals surface area contributed by atoms with Crippen molar-refractivity contribution in [2.75, 3.05) is 13.6 Å². The summed E-state index contributed by atoms with van der Waals surface area (Å²) in [6.45, 7) is 5.33. The van der Waals surface area contributed by atoms with Gasteiger partial charge in [-0.25, -0.2) is 0 Å². The summed E-state index contributed by atoms with van der Waals surface area (Å²) in [7, 11) is 2.00. The first-order valence-electron chi connectivity index (χ1n) is 5.01. The van der Waals surface area contributed by atoms with E-state index < -0.39 is 0 Å². The minimum atomic E-state index is 0.233. The molecule has 0 saturated heterocycles. The van der Waals surface area contributed by atoms with Gasteiger partial charge in [-0.1, -0.05) is 0 Å². The van der Waals surface area contributed by atoms with Gasteiger partial charge in [0.1, 0.15) is 0 Å². The van der Waals surface area contributed by atoms with Gasteiger partial charge in [0.15, 0.2) is 0 Å². The normalized spacial score (nSPS) is 21.0. The van der Waals surface area contributed by atoms with Crippen LogP contribution in [0, 0.1) is 0 Å². The van der Waals surface area contributed by atoms with Crippen molar-refractivity contribution in [2.24, 2.45) is 0 Å². The third-order valence-corrected chi connectivity index (χ3v) is 2.58. The van der Waals surface area contributed by atoms with Crippen molar-refractivity contribution >= 4 is 0 Å². The minimum absolute atomic E-state index is 0.233. The topological polar surface area (TPSA) is 21.3 Å². The van der Waals surface area contributed by atoms with Crippen LogP contribution >= 0.6 is 0 Å². The molecular formula is C10H21NO. The molecule has 0 aromatic heterocycles. The van der Waals surface area contributed by atoms with Crippen LogP contribution in [0.2, 0.25) is 0 Å². The number of hydrogen-bond acceptors (Lipinski definition) is 2. The van der Waals surface area contributed by atoms with Crippen molar-refractivity contribution in [1.82, 2.24) is 5.32 Å². The molecule has 0 radical (unpaired) electrons. The molecular weight excluding hydrogens is 150 g/mol. The Labute approximate surface area is 75.7 Å². The Morgan fingerprint density at radius 1 is 1.42 bits per heavy atom. The van der Waals surface area contributed by atoms with Crippen LogP contribution in [-0.2, 0) is 4.74 Å². The van der Waals surface area contributed by atoms with E-state index in [1.807, 2.05) is 7.05 Å². The van der Waals surface area contributed by atoms with Gasteiger partial charge in [0.05, 0.1) is 11.7 Å². The molecule has 1 aliphatic rings. The lowest BCUT2D eigenvalue weighted by atomic mass is 9.77. The van der Waals surface area contributed by atoms with Crippen LogP contribution in [0.4, 0.5) is 0 Å². The van der Waals surface area contributed by atoms with E-state index in [0.717, 1.165) is 6.54 Å². The summed E-state index contributed by atoms with van der Waals surface area (Å²) in [6, 6.07) is 0. The first kappa shape index (κ1) is 10.0. The van der Waals surface area contributed by atoms with Crippen LogP contribution in [0.5, 0.6) is 0 Å². The van der Waals surface area contributed by atoms with Crippen molar-refractivity contribution in [1.29, 1.82) is 0 Å². The summed E-state index contributed by atoms with van der Waals surface area (Å²) in [5, 5.41) is 3.18. The van der Waals surface area contributed by atoms with Gasteiger partial charge < -0.3 is 10.1 Å². The zero-order chi connectivity index (χ0) is 9.03. The molecule has 1 saturated carbocycles.